The zero-order valence-electron chi connectivity index (χ0n) is 8.77. The number of nitrogens with zero attached hydrogens (tertiary/aromatic N) is 3. The molecule has 1 aliphatic rings. The highest BCUT2D eigenvalue weighted by Gasteiger charge is 2.18. The van der Waals surface area contributed by atoms with Gasteiger partial charge in [0.05, 0.1) is 5.02 Å². The summed E-state index contributed by atoms with van der Waals surface area (Å²) in [5.74, 6) is 4.30. The predicted molar refractivity (Wildman–Crippen MR) is 67.1 cm³/mol. The zero-order chi connectivity index (χ0) is 11.0. The molecular formula is C11H12ClN3S. The van der Waals surface area contributed by atoms with Crippen LogP contribution in [0.25, 0.3) is 5.65 Å². The number of fused-ring (bicyclic) bond motifs is 1. The quantitative estimate of drug-likeness (QED) is 0.824. The van der Waals surface area contributed by atoms with Crippen LogP contribution in [0.1, 0.15) is 12.2 Å². The third kappa shape index (κ3) is 1.92. The van der Waals surface area contributed by atoms with Crippen LogP contribution < -0.4 is 0 Å². The van der Waals surface area contributed by atoms with Crippen molar-refractivity contribution in [2.75, 3.05) is 11.5 Å². The van der Waals surface area contributed by atoms with Crippen LogP contribution in [0.2, 0.25) is 5.02 Å². The topological polar surface area (TPSA) is 30.2 Å². The summed E-state index contributed by atoms with van der Waals surface area (Å²) >= 11 is 8.01. The Hall–Kier alpha value is -0.740. The highest BCUT2D eigenvalue weighted by Crippen LogP contribution is 2.26. The van der Waals surface area contributed by atoms with Crippen molar-refractivity contribution in [2.24, 2.45) is 5.92 Å². The summed E-state index contributed by atoms with van der Waals surface area (Å²) in [4.78, 5) is 0. The van der Waals surface area contributed by atoms with Gasteiger partial charge in [0.2, 0.25) is 0 Å². The molecule has 1 unspecified atom stereocenters. The summed E-state index contributed by atoms with van der Waals surface area (Å²) < 4.78 is 2.01. The van der Waals surface area contributed by atoms with E-state index in [-0.39, 0.29) is 0 Å². The number of aromatic nitrogens is 3. The van der Waals surface area contributed by atoms with Gasteiger partial charge in [-0.15, -0.1) is 10.2 Å². The number of hydrogen-bond acceptors (Lipinski definition) is 3. The Labute approximate surface area is 103 Å². The van der Waals surface area contributed by atoms with Crippen molar-refractivity contribution < 1.29 is 0 Å². The minimum absolute atomic E-state index is 0.731. The summed E-state index contributed by atoms with van der Waals surface area (Å²) in [6.45, 7) is 0. The number of rotatable bonds is 2. The van der Waals surface area contributed by atoms with Crippen molar-refractivity contribution in [1.82, 2.24) is 14.6 Å². The SMILES string of the molecule is Clc1ccc2nnc(CC3CCSC3)n2c1. The standard InChI is InChI=1S/C11H12ClN3S/c12-9-1-2-10-13-14-11(15(10)6-9)5-8-3-4-16-7-8/h1-2,6,8H,3-5,7H2. The first kappa shape index (κ1) is 10.4. The molecule has 0 amide bonds. The number of pyridine rings is 1. The largest absolute Gasteiger partial charge is 0.285 e. The molecule has 2 aromatic rings. The van der Waals surface area contributed by atoms with Crippen molar-refractivity contribution in [2.45, 2.75) is 12.8 Å². The van der Waals surface area contributed by atoms with Crippen molar-refractivity contribution in [3.05, 3.63) is 29.2 Å². The molecule has 2 aromatic heterocycles. The van der Waals surface area contributed by atoms with Crippen LogP contribution in [0.4, 0.5) is 0 Å². The van der Waals surface area contributed by atoms with Gasteiger partial charge in [0.25, 0.3) is 0 Å². The van der Waals surface area contributed by atoms with Crippen molar-refractivity contribution in [3.8, 4) is 0 Å². The minimum atomic E-state index is 0.731. The molecule has 0 saturated carbocycles. The Morgan fingerprint density at radius 3 is 3.19 bits per heavy atom. The lowest BCUT2D eigenvalue weighted by molar-refractivity contribution is 0.572. The van der Waals surface area contributed by atoms with Crippen LogP contribution in [-0.2, 0) is 6.42 Å². The minimum Gasteiger partial charge on any atom is -0.285 e. The van der Waals surface area contributed by atoms with Gasteiger partial charge in [-0.25, -0.2) is 0 Å². The predicted octanol–water partition coefficient (Wildman–Crippen LogP) is 2.68. The van der Waals surface area contributed by atoms with Gasteiger partial charge in [0.15, 0.2) is 5.65 Å². The Kier molecular flexibility index (Phi) is 2.77. The molecule has 0 aromatic carbocycles. The van der Waals surface area contributed by atoms with E-state index < -0.39 is 0 Å². The van der Waals surface area contributed by atoms with E-state index in [1.807, 2.05) is 34.5 Å². The molecule has 0 radical (unpaired) electrons. The molecule has 1 saturated heterocycles. The first-order chi connectivity index (χ1) is 7.83. The third-order valence-corrected chi connectivity index (χ3v) is 4.39. The summed E-state index contributed by atoms with van der Waals surface area (Å²) in [5.41, 5.74) is 0.880. The molecular weight excluding hydrogens is 242 g/mol. The van der Waals surface area contributed by atoms with Gasteiger partial charge in [-0.2, -0.15) is 11.8 Å². The van der Waals surface area contributed by atoms with Crippen molar-refractivity contribution in [3.63, 3.8) is 0 Å². The Morgan fingerprint density at radius 1 is 1.44 bits per heavy atom. The fourth-order valence-electron chi connectivity index (χ4n) is 2.05. The van der Waals surface area contributed by atoms with Gasteiger partial charge in [0.1, 0.15) is 5.82 Å². The van der Waals surface area contributed by atoms with Crippen LogP contribution in [0, 0.1) is 5.92 Å². The molecule has 84 valence electrons. The van der Waals surface area contributed by atoms with Crippen LogP contribution in [-0.4, -0.2) is 26.1 Å². The molecule has 0 aliphatic carbocycles. The molecule has 3 rings (SSSR count). The molecule has 0 N–H and O–H groups in total. The van der Waals surface area contributed by atoms with Gasteiger partial charge >= 0.3 is 0 Å². The third-order valence-electron chi connectivity index (χ3n) is 2.93. The smallest absolute Gasteiger partial charge is 0.160 e. The summed E-state index contributed by atoms with van der Waals surface area (Å²) in [6.07, 6.45) is 4.20. The fourth-order valence-corrected chi connectivity index (χ4v) is 3.50. The van der Waals surface area contributed by atoms with Gasteiger partial charge in [-0.3, -0.25) is 4.40 Å². The molecule has 5 heteroatoms. The van der Waals surface area contributed by atoms with Crippen LogP contribution in [0.3, 0.4) is 0 Å². The van der Waals surface area contributed by atoms with Gasteiger partial charge in [-0.1, -0.05) is 11.6 Å². The summed E-state index contributed by atoms with van der Waals surface area (Å²) in [7, 11) is 0. The Morgan fingerprint density at radius 2 is 2.38 bits per heavy atom. The normalized spacial score (nSPS) is 20.7. The zero-order valence-corrected chi connectivity index (χ0v) is 10.3. The van der Waals surface area contributed by atoms with Gasteiger partial charge in [-0.05, 0) is 36.0 Å². The van der Waals surface area contributed by atoms with E-state index in [1.54, 1.807) is 0 Å². The van der Waals surface area contributed by atoms with E-state index >= 15 is 0 Å². The van der Waals surface area contributed by atoms with Crippen LogP contribution in [0.15, 0.2) is 18.3 Å². The molecule has 16 heavy (non-hydrogen) atoms. The number of halogens is 1. The van der Waals surface area contributed by atoms with Gasteiger partial charge < -0.3 is 0 Å². The van der Waals surface area contributed by atoms with Crippen LogP contribution >= 0.6 is 23.4 Å². The Balaban J connectivity index is 1.93. The van der Waals surface area contributed by atoms with Gasteiger partial charge in [0, 0.05) is 12.6 Å². The van der Waals surface area contributed by atoms with E-state index in [0.29, 0.717) is 0 Å². The van der Waals surface area contributed by atoms with Crippen molar-refractivity contribution in [1.29, 1.82) is 0 Å². The maximum absolute atomic E-state index is 5.98. The average molecular weight is 254 g/mol. The van der Waals surface area contributed by atoms with E-state index in [0.717, 1.165) is 28.8 Å². The summed E-state index contributed by atoms with van der Waals surface area (Å²) in [6, 6.07) is 3.75. The van der Waals surface area contributed by atoms with E-state index in [9.17, 15) is 0 Å². The second kappa shape index (κ2) is 4.26. The first-order valence-corrected chi connectivity index (χ1v) is 6.93. The second-order valence-electron chi connectivity index (χ2n) is 4.13. The Bertz CT molecular complexity index is 505. The molecule has 3 nitrogen and oxygen atoms in total. The second-order valence-corrected chi connectivity index (χ2v) is 5.71. The number of hydrogen-bond donors (Lipinski definition) is 0. The maximum Gasteiger partial charge on any atom is 0.160 e. The molecule has 3 heterocycles. The molecule has 1 aliphatic heterocycles. The lowest BCUT2D eigenvalue weighted by Crippen LogP contribution is -2.06. The van der Waals surface area contributed by atoms with Crippen LogP contribution in [0.5, 0.6) is 0 Å². The van der Waals surface area contributed by atoms with Crippen molar-refractivity contribution >= 4 is 29.0 Å². The molecule has 0 bridgehead atoms. The monoisotopic (exact) mass is 253 g/mol. The highest BCUT2D eigenvalue weighted by atomic mass is 35.5. The lowest BCUT2D eigenvalue weighted by atomic mass is 10.1. The molecule has 1 fully saturated rings. The maximum atomic E-state index is 5.98. The first-order valence-electron chi connectivity index (χ1n) is 5.40. The molecule has 1 atom stereocenters. The van der Waals surface area contributed by atoms with E-state index in [1.165, 1.54) is 17.9 Å². The van der Waals surface area contributed by atoms with E-state index in [4.69, 9.17) is 11.6 Å². The molecule has 0 spiro atoms. The lowest BCUT2D eigenvalue weighted by Gasteiger charge is -2.05. The highest BCUT2D eigenvalue weighted by molar-refractivity contribution is 7.99. The average Bonchev–Trinajstić information content (AvgIpc) is 2.90. The number of thioether (sulfide) groups is 1. The fraction of sp³-hybridized carbons (Fsp3) is 0.455. The summed E-state index contributed by atoms with van der Waals surface area (Å²) in [5, 5.41) is 9.13. The van der Waals surface area contributed by atoms with E-state index in [2.05, 4.69) is 10.2 Å².